The van der Waals surface area contributed by atoms with Crippen LogP contribution in [0.5, 0.6) is 0 Å². The second kappa shape index (κ2) is 46.4. The Morgan fingerprint density at radius 3 is 0.698 bits per heavy atom. The van der Waals surface area contributed by atoms with Crippen molar-refractivity contribution in [1.29, 1.82) is 0 Å². The first-order valence-electron chi connectivity index (χ1n) is 13.8. The van der Waals surface area contributed by atoms with E-state index < -0.39 is 0 Å². The van der Waals surface area contributed by atoms with Crippen molar-refractivity contribution in [3.63, 3.8) is 0 Å². The molecule has 0 amide bonds. The first-order chi connectivity index (χ1) is 19.2. The van der Waals surface area contributed by atoms with Crippen molar-refractivity contribution in [2.75, 3.05) is 90.8 Å². The van der Waals surface area contributed by atoms with E-state index in [1.807, 2.05) is 126 Å². The molecule has 0 rings (SSSR count). The van der Waals surface area contributed by atoms with Crippen molar-refractivity contribution < 1.29 is 4.79 Å². The highest BCUT2D eigenvalue weighted by Gasteiger charge is 1.86. The highest BCUT2D eigenvalue weighted by atomic mass is 32.2. The monoisotopic (exact) mass is 634 g/mol. The molecule has 0 saturated heterocycles. The third-order valence-corrected chi connectivity index (χ3v) is 5.69. The van der Waals surface area contributed by atoms with Gasteiger partial charge < -0.3 is 19.5 Å². The Hall–Kier alpha value is -2.56. The Labute approximate surface area is 274 Å². The average Bonchev–Trinajstić information content (AvgIpc) is 2.96. The molecule has 0 aromatic rings. The molecule has 0 aliphatic rings. The topological polar surface area (TPSA) is 101 Å². The zero-order chi connectivity index (χ0) is 35.4. The van der Waals surface area contributed by atoms with Crippen molar-refractivity contribution in [3.05, 3.63) is 0 Å². The second-order valence-corrected chi connectivity index (χ2v) is 10.3. The summed E-state index contributed by atoms with van der Waals surface area (Å²) < 4.78 is 0. The molecule has 0 fully saturated rings. The summed E-state index contributed by atoms with van der Waals surface area (Å²) in [5.41, 5.74) is 2.26. The van der Waals surface area contributed by atoms with Crippen LogP contribution in [-0.4, -0.2) is 145 Å². The van der Waals surface area contributed by atoms with E-state index in [-0.39, 0.29) is 13.2 Å². The van der Waals surface area contributed by atoms with Crippen LogP contribution >= 0.6 is 11.8 Å². The van der Waals surface area contributed by atoms with Crippen molar-refractivity contribution in [2.24, 2.45) is 30.0 Å². The van der Waals surface area contributed by atoms with Crippen LogP contribution in [-0.2, 0) is 4.79 Å². The predicted octanol–water partition coefficient (Wildman–Crippen LogP) is 7.00. The van der Waals surface area contributed by atoms with Gasteiger partial charge in [-0.1, -0.05) is 14.4 Å². The standard InChI is InChI=1S/3C5H12N2.C4H9NS.2C4H9N.C4H8O.CH4/c3*1-5(6-2)7(3)4;1-4(5-2)6-3;2*1-4(2)5-3;1-3-4(2)5;/h3*1-4H3;1-3H3;2*1-3H3;3H2,1-2H3;1H4. The third-order valence-electron chi connectivity index (χ3n) is 4.92. The number of ketones is 1. The van der Waals surface area contributed by atoms with E-state index in [2.05, 4.69) is 30.0 Å². The van der Waals surface area contributed by atoms with Crippen LogP contribution in [0, 0.1) is 0 Å². The number of hydrogen-bond acceptors (Lipinski definition) is 8. The first-order valence-corrected chi connectivity index (χ1v) is 15.0. The molecule has 0 aliphatic carbocycles. The minimum absolute atomic E-state index is 0. The highest BCUT2D eigenvalue weighted by molar-refractivity contribution is 8.13. The fourth-order valence-corrected chi connectivity index (χ4v) is 0.874. The lowest BCUT2D eigenvalue weighted by atomic mass is 10.4. The molecule has 0 heterocycles. The van der Waals surface area contributed by atoms with E-state index in [4.69, 9.17) is 0 Å². The zero-order valence-electron chi connectivity index (χ0n) is 32.0. The van der Waals surface area contributed by atoms with Crippen LogP contribution in [0.3, 0.4) is 0 Å². The molecule has 11 heteroatoms. The lowest BCUT2D eigenvalue weighted by Crippen LogP contribution is -2.17. The Morgan fingerprint density at radius 1 is 0.512 bits per heavy atom. The van der Waals surface area contributed by atoms with E-state index in [0.717, 1.165) is 34.0 Å². The predicted molar refractivity (Wildman–Crippen MR) is 208 cm³/mol. The summed E-state index contributed by atoms with van der Waals surface area (Å²) in [5.74, 6) is 3.42. The largest absolute Gasteiger partial charge is 0.367 e. The molecule has 10 nitrogen and oxygen atoms in total. The molecule has 0 unspecified atom stereocenters. The summed E-state index contributed by atoms with van der Waals surface area (Å²) in [7, 11) is 22.6. The van der Waals surface area contributed by atoms with Gasteiger partial charge in [0.15, 0.2) is 0 Å². The molecule has 0 aliphatic heterocycles. The minimum Gasteiger partial charge on any atom is -0.367 e. The van der Waals surface area contributed by atoms with Gasteiger partial charge in [0.25, 0.3) is 0 Å². The summed E-state index contributed by atoms with van der Waals surface area (Å²) in [6.45, 7) is 19.2. The third kappa shape index (κ3) is 85.4. The average molecular weight is 634 g/mol. The Morgan fingerprint density at radius 2 is 0.698 bits per heavy atom. The van der Waals surface area contributed by atoms with Gasteiger partial charge in [-0.2, -0.15) is 0 Å². The molecule has 0 bridgehead atoms. The van der Waals surface area contributed by atoms with Gasteiger partial charge in [0, 0.05) is 102 Å². The molecule has 260 valence electrons. The molecule has 43 heavy (non-hydrogen) atoms. The van der Waals surface area contributed by atoms with Crippen LogP contribution in [0.4, 0.5) is 0 Å². The summed E-state index contributed by atoms with van der Waals surface area (Å²) >= 11 is 1.67. The lowest BCUT2D eigenvalue weighted by molar-refractivity contribution is -0.116. The maximum absolute atomic E-state index is 9.81. The smallest absolute Gasteiger partial charge is 0.129 e. The van der Waals surface area contributed by atoms with Gasteiger partial charge in [-0.25, -0.2) is 0 Å². The number of hydrogen-bond donors (Lipinski definition) is 0. The zero-order valence-corrected chi connectivity index (χ0v) is 32.9. The van der Waals surface area contributed by atoms with Gasteiger partial charge >= 0.3 is 0 Å². The number of Topliss-reactive ketones (excluding diaryl/α,β-unsaturated/α-hetero) is 1. The number of nitrogens with zero attached hydrogens (tertiary/aromatic N) is 9. The molecule has 0 spiro atoms. The molecule has 0 saturated carbocycles. The first kappa shape index (κ1) is 59.8. The van der Waals surface area contributed by atoms with Gasteiger partial charge in [0.1, 0.15) is 5.78 Å². The Kier molecular flexibility index (Phi) is 64.5. The number of carbonyl (C=O) groups is 1. The lowest BCUT2D eigenvalue weighted by Gasteiger charge is -2.08. The van der Waals surface area contributed by atoms with E-state index >= 15 is 0 Å². The van der Waals surface area contributed by atoms with Crippen molar-refractivity contribution in [2.45, 2.75) is 83.1 Å². The summed E-state index contributed by atoms with van der Waals surface area (Å²) in [5, 5.41) is 1.13. The fourth-order valence-electron chi connectivity index (χ4n) is 0.691. The summed E-state index contributed by atoms with van der Waals surface area (Å²) in [6, 6.07) is 0. The van der Waals surface area contributed by atoms with Gasteiger partial charge in [-0.3, -0.25) is 30.0 Å². The van der Waals surface area contributed by atoms with Gasteiger partial charge in [-0.15, -0.1) is 11.8 Å². The maximum atomic E-state index is 9.81. The number of amidine groups is 3. The van der Waals surface area contributed by atoms with Gasteiger partial charge in [-0.05, 0) is 68.6 Å². The van der Waals surface area contributed by atoms with Crippen LogP contribution < -0.4 is 0 Å². The normalized spacial score (nSPS) is 9.93. The van der Waals surface area contributed by atoms with Crippen LogP contribution in [0.25, 0.3) is 0 Å². The van der Waals surface area contributed by atoms with Crippen molar-refractivity contribution in [1.82, 2.24) is 14.7 Å². The highest BCUT2D eigenvalue weighted by Crippen LogP contribution is 1.93. The molecular formula is C32H75N9OS. The Bertz CT molecular complexity index is 705. The summed E-state index contributed by atoms with van der Waals surface area (Å²) in [4.78, 5) is 39.0. The molecule has 0 radical (unpaired) electrons. The maximum Gasteiger partial charge on any atom is 0.129 e. The molecule has 0 N–H and O–H groups in total. The molecule has 0 atom stereocenters. The van der Waals surface area contributed by atoms with E-state index in [0.29, 0.717) is 6.42 Å². The number of rotatable bonds is 1. The van der Waals surface area contributed by atoms with Gasteiger partial charge in [0.05, 0.1) is 22.6 Å². The van der Waals surface area contributed by atoms with E-state index in [1.165, 1.54) is 0 Å². The fraction of sp³-hybridized carbons (Fsp3) is 0.781. The van der Waals surface area contributed by atoms with E-state index in [1.54, 1.807) is 61.0 Å². The van der Waals surface area contributed by atoms with E-state index in [9.17, 15) is 4.79 Å². The number of thioether (sulfide) groups is 1. The molecular weight excluding hydrogens is 558 g/mol. The number of carbonyl (C=O) groups excluding carboxylic acids is 1. The number of aliphatic imine (C=N–C) groups is 6. The van der Waals surface area contributed by atoms with Crippen molar-refractivity contribution in [3.8, 4) is 0 Å². The second-order valence-electron chi connectivity index (χ2n) is 9.34. The quantitative estimate of drug-likeness (QED) is 0.229. The molecule has 0 aromatic heterocycles. The van der Waals surface area contributed by atoms with Crippen molar-refractivity contribution >= 4 is 51.5 Å². The van der Waals surface area contributed by atoms with Gasteiger partial charge in [0.2, 0.25) is 0 Å². The van der Waals surface area contributed by atoms with Crippen LogP contribution in [0.15, 0.2) is 30.0 Å². The van der Waals surface area contributed by atoms with Crippen LogP contribution in [0.2, 0.25) is 0 Å². The minimum atomic E-state index is 0. The Balaban J connectivity index is -0.0000000555. The SMILES string of the molecule is C.CCC(C)=O.CN=C(C)C.CN=C(C)C.CN=C(C)N(C)C.CN=C(C)N(C)C.CN=C(C)N(C)C.CN=C(C)SC. The summed E-state index contributed by atoms with van der Waals surface area (Å²) in [6.07, 6.45) is 2.68. The molecule has 0 aromatic carbocycles. The van der Waals surface area contributed by atoms with Crippen LogP contribution in [0.1, 0.15) is 83.1 Å².